The van der Waals surface area contributed by atoms with Gasteiger partial charge in [-0.05, 0) is 12.1 Å². The maximum absolute atomic E-state index is 6.17. The highest BCUT2D eigenvalue weighted by Gasteiger charge is 2.22. The molecule has 6 nitrogen and oxygen atoms in total. The molecule has 0 aliphatic carbocycles. The van der Waals surface area contributed by atoms with Crippen LogP contribution in [0.3, 0.4) is 0 Å². The molecule has 0 atom stereocenters. The van der Waals surface area contributed by atoms with Gasteiger partial charge in [-0.2, -0.15) is 0 Å². The summed E-state index contributed by atoms with van der Waals surface area (Å²) in [6, 6.07) is 3.55. The third-order valence-electron chi connectivity index (χ3n) is 3.19. The quantitative estimate of drug-likeness (QED) is 0.830. The number of halogens is 1. The third kappa shape index (κ3) is 1.84. The van der Waals surface area contributed by atoms with Gasteiger partial charge >= 0.3 is 0 Å². The number of benzene rings is 1. The van der Waals surface area contributed by atoms with Crippen molar-refractivity contribution in [3.8, 4) is 22.8 Å². The van der Waals surface area contributed by atoms with Gasteiger partial charge in [0, 0.05) is 11.5 Å². The molecule has 0 amide bonds. The minimum Gasteiger partial charge on any atom is -0.454 e. The van der Waals surface area contributed by atoms with Gasteiger partial charge in [0.2, 0.25) is 6.79 Å². The van der Waals surface area contributed by atoms with Crippen molar-refractivity contribution >= 4 is 17.4 Å². The van der Waals surface area contributed by atoms with Gasteiger partial charge in [-0.25, -0.2) is 9.66 Å². The zero-order valence-electron chi connectivity index (χ0n) is 11.2. The van der Waals surface area contributed by atoms with E-state index in [9.17, 15) is 0 Å². The number of hydrogen-bond acceptors (Lipinski definition) is 5. The van der Waals surface area contributed by atoms with Crippen LogP contribution in [0.2, 0.25) is 5.02 Å². The summed E-state index contributed by atoms with van der Waals surface area (Å²) in [5, 5.41) is 0.465. The number of aromatic nitrogens is 2. The molecular formula is C13H15ClN4O2. The van der Waals surface area contributed by atoms with E-state index in [0.29, 0.717) is 33.9 Å². The fourth-order valence-electron chi connectivity index (χ4n) is 2.19. The first-order valence-electron chi connectivity index (χ1n) is 6.21. The van der Waals surface area contributed by atoms with Crippen molar-refractivity contribution < 1.29 is 9.47 Å². The second-order valence-electron chi connectivity index (χ2n) is 4.92. The number of fused-ring (bicyclic) bond motifs is 1. The number of nitrogens with zero attached hydrogens (tertiary/aromatic N) is 2. The first-order valence-corrected chi connectivity index (χ1v) is 6.59. The van der Waals surface area contributed by atoms with Gasteiger partial charge < -0.3 is 21.1 Å². The molecule has 0 spiro atoms. The predicted molar refractivity (Wildman–Crippen MR) is 77.4 cm³/mol. The molecule has 7 heteroatoms. The van der Waals surface area contributed by atoms with Crippen LogP contribution in [-0.4, -0.2) is 16.5 Å². The molecule has 2 heterocycles. The summed E-state index contributed by atoms with van der Waals surface area (Å²) < 4.78 is 12.0. The van der Waals surface area contributed by atoms with Crippen molar-refractivity contribution in [1.29, 1.82) is 0 Å². The lowest BCUT2D eigenvalue weighted by molar-refractivity contribution is 0.174. The summed E-state index contributed by atoms with van der Waals surface area (Å²) in [6.45, 7) is 4.17. The Morgan fingerprint density at radius 3 is 2.75 bits per heavy atom. The molecule has 0 radical (unpaired) electrons. The van der Waals surface area contributed by atoms with Crippen molar-refractivity contribution in [1.82, 2.24) is 9.66 Å². The number of rotatable bonds is 2. The number of ether oxygens (including phenoxy) is 2. The first kappa shape index (κ1) is 12.9. The summed E-state index contributed by atoms with van der Waals surface area (Å²) in [5.74, 6) is 8.34. The summed E-state index contributed by atoms with van der Waals surface area (Å²) in [6.07, 6.45) is 0. The van der Waals surface area contributed by atoms with E-state index >= 15 is 0 Å². The molecule has 20 heavy (non-hydrogen) atoms. The van der Waals surface area contributed by atoms with Crippen LogP contribution in [0.1, 0.15) is 25.6 Å². The standard InChI is InChI=1S/C13H15ClN4O2/c1-6(2)13-17-10(12(15)18(13)16)7-3-8(14)11-9(4-7)19-5-20-11/h3-4,6H,5,15-16H2,1-2H3. The van der Waals surface area contributed by atoms with E-state index in [1.807, 2.05) is 13.8 Å². The second-order valence-corrected chi connectivity index (χ2v) is 5.33. The number of nitrogen functional groups attached to an aromatic ring is 2. The molecule has 0 saturated heterocycles. The number of nitrogens with two attached hydrogens (primary N) is 2. The monoisotopic (exact) mass is 294 g/mol. The molecule has 0 fully saturated rings. The van der Waals surface area contributed by atoms with Crippen LogP contribution in [0.5, 0.6) is 11.5 Å². The zero-order chi connectivity index (χ0) is 14.4. The van der Waals surface area contributed by atoms with Gasteiger partial charge in [0.25, 0.3) is 0 Å². The molecule has 1 aromatic heterocycles. The van der Waals surface area contributed by atoms with Gasteiger partial charge in [-0.3, -0.25) is 0 Å². The van der Waals surface area contributed by atoms with Crippen LogP contribution in [0.4, 0.5) is 5.82 Å². The Morgan fingerprint density at radius 2 is 2.10 bits per heavy atom. The number of hydrogen-bond donors (Lipinski definition) is 2. The highest BCUT2D eigenvalue weighted by atomic mass is 35.5. The minimum atomic E-state index is 0.163. The zero-order valence-corrected chi connectivity index (χ0v) is 11.9. The molecule has 1 aliphatic heterocycles. The molecule has 0 bridgehead atoms. The van der Waals surface area contributed by atoms with Gasteiger partial charge in [0.1, 0.15) is 11.5 Å². The summed E-state index contributed by atoms with van der Waals surface area (Å²) in [5.41, 5.74) is 7.38. The average molecular weight is 295 g/mol. The Hall–Kier alpha value is -2.08. The lowest BCUT2D eigenvalue weighted by Crippen LogP contribution is -2.16. The maximum Gasteiger partial charge on any atom is 0.231 e. The van der Waals surface area contributed by atoms with Crippen LogP contribution in [0.25, 0.3) is 11.3 Å². The summed E-state index contributed by atoms with van der Waals surface area (Å²) in [4.78, 5) is 4.50. The summed E-state index contributed by atoms with van der Waals surface area (Å²) in [7, 11) is 0. The Balaban J connectivity index is 2.15. The van der Waals surface area contributed by atoms with E-state index < -0.39 is 0 Å². The Labute approximate surface area is 121 Å². The van der Waals surface area contributed by atoms with Crippen molar-refractivity contribution in [2.45, 2.75) is 19.8 Å². The molecule has 106 valence electrons. The molecule has 1 aliphatic rings. The van der Waals surface area contributed by atoms with Crippen LogP contribution in [0.15, 0.2) is 12.1 Å². The van der Waals surface area contributed by atoms with Gasteiger partial charge in [-0.1, -0.05) is 25.4 Å². The van der Waals surface area contributed by atoms with Crippen LogP contribution >= 0.6 is 11.6 Å². The lowest BCUT2D eigenvalue weighted by Gasteiger charge is -2.04. The SMILES string of the molecule is CC(C)c1nc(-c2cc(Cl)c3c(c2)OCO3)c(N)n1N. The Kier molecular flexibility index (Phi) is 2.90. The fraction of sp³-hybridized carbons (Fsp3) is 0.308. The van der Waals surface area contributed by atoms with Crippen molar-refractivity contribution in [3.63, 3.8) is 0 Å². The van der Waals surface area contributed by atoms with Crippen LogP contribution in [-0.2, 0) is 0 Å². The first-order chi connectivity index (χ1) is 9.49. The smallest absolute Gasteiger partial charge is 0.231 e. The fourth-order valence-corrected chi connectivity index (χ4v) is 2.45. The molecule has 0 saturated carbocycles. The van der Waals surface area contributed by atoms with Gasteiger partial charge in [0.15, 0.2) is 17.3 Å². The summed E-state index contributed by atoms with van der Waals surface area (Å²) >= 11 is 6.17. The lowest BCUT2D eigenvalue weighted by atomic mass is 10.1. The molecule has 0 unspecified atom stereocenters. The minimum absolute atomic E-state index is 0.163. The highest BCUT2D eigenvalue weighted by Crippen LogP contribution is 2.43. The van der Waals surface area contributed by atoms with Gasteiger partial charge in [-0.15, -0.1) is 0 Å². The van der Waals surface area contributed by atoms with E-state index in [2.05, 4.69) is 4.98 Å². The molecular weight excluding hydrogens is 280 g/mol. The van der Waals surface area contributed by atoms with E-state index in [1.54, 1.807) is 12.1 Å². The largest absolute Gasteiger partial charge is 0.454 e. The Morgan fingerprint density at radius 1 is 1.35 bits per heavy atom. The van der Waals surface area contributed by atoms with Crippen molar-refractivity contribution in [2.75, 3.05) is 18.4 Å². The van der Waals surface area contributed by atoms with Crippen molar-refractivity contribution in [2.24, 2.45) is 0 Å². The third-order valence-corrected chi connectivity index (χ3v) is 3.47. The topological polar surface area (TPSA) is 88.3 Å². The van der Waals surface area contributed by atoms with E-state index in [1.165, 1.54) is 4.68 Å². The van der Waals surface area contributed by atoms with Gasteiger partial charge in [0.05, 0.1) is 5.02 Å². The normalized spacial score (nSPS) is 13.2. The Bertz CT molecular complexity index is 681. The van der Waals surface area contributed by atoms with E-state index in [-0.39, 0.29) is 12.7 Å². The number of anilines is 1. The van der Waals surface area contributed by atoms with Crippen LogP contribution in [0, 0.1) is 0 Å². The van der Waals surface area contributed by atoms with Crippen LogP contribution < -0.4 is 21.1 Å². The molecule has 1 aromatic carbocycles. The second kappa shape index (κ2) is 4.49. The van der Waals surface area contributed by atoms with Crippen molar-refractivity contribution in [3.05, 3.63) is 23.0 Å². The molecule has 4 N–H and O–H groups in total. The highest BCUT2D eigenvalue weighted by molar-refractivity contribution is 6.32. The predicted octanol–water partition coefficient (Wildman–Crippen LogP) is 2.35. The molecule has 3 rings (SSSR count). The van der Waals surface area contributed by atoms with E-state index in [0.717, 1.165) is 5.56 Å². The average Bonchev–Trinajstić information content (AvgIpc) is 2.96. The van der Waals surface area contributed by atoms with E-state index in [4.69, 9.17) is 32.7 Å². The maximum atomic E-state index is 6.17. The number of imidazole rings is 1. The molecule has 2 aromatic rings.